The number of nitrogens with zero attached hydrogens (tertiary/aromatic N) is 1. The maximum atomic E-state index is 7.78. The SMILES string of the molecule is Cc1cccc(-c2ccc(/C(C=N)=C(/N)c3ccncc3)cc2)c1C. The maximum absolute atomic E-state index is 7.78. The van der Waals surface area contributed by atoms with Gasteiger partial charge in [-0.25, -0.2) is 0 Å². The van der Waals surface area contributed by atoms with Crippen molar-refractivity contribution in [3.63, 3.8) is 0 Å². The van der Waals surface area contributed by atoms with Crippen molar-refractivity contribution in [2.45, 2.75) is 13.8 Å². The molecule has 3 heteroatoms. The standard InChI is InChI=1S/C22H21N3/c1-15-4-3-5-20(16(15)2)17-6-8-18(9-7-17)21(14-23)22(24)19-10-12-25-13-11-19/h3-14,23H,24H2,1-2H3/b22-21+,23-14?. The van der Waals surface area contributed by atoms with E-state index in [0.29, 0.717) is 11.3 Å². The van der Waals surface area contributed by atoms with Crippen LogP contribution in [0.4, 0.5) is 0 Å². The summed E-state index contributed by atoms with van der Waals surface area (Å²) in [6, 6.07) is 18.2. The van der Waals surface area contributed by atoms with Gasteiger partial charge in [0.1, 0.15) is 0 Å². The first-order valence-corrected chi connectivity index (χ1v) is 8.19. The Balaban J connectivity index is 2.01. The van der Waals surface area contributed by atoms with E-state index in [4.69, 9.17) is 11.1 Å². The van der Waals surface area contributed by atoms with Crippen LogP contribution in [0.2, 0.25) is 0 Å². The molecule has 124 valence electrons. The lowest BCUT2D eigenvalue weighted by molar-refractivity contribution is 1.31. The van der Waals surface area contributed by atoms with Crippen molar-refractivity contribution < 1.29 is 0 Å². The lowest BCUT2D eigenvalue weighted by Gasteiger charge is -2.11. The lowest BCUT2D eigenvalue weighted by Crippen LogP contribution is -2.02. The zero-order chi connectivity index (χ0) is 17.8. The highest BCUT2D eigenvalue weighted by atomic mass is 14.6. The van der Waals surface area contributed by atoms with Crippen LogP contribution in [0, 0.1) is 19.3 Å². The summed E-state index contributed by atoms with van der Waals surface area (Å²) >= 11 is 0. The molecule has 0 aliphatic rings. The third-order valence-corrected chi connectivity index (χ3v) is 4.54. The summed E-state index contributed by atoms with van der Waals surface area (Å²) in [6.07, 6.45) is 4.71. The van der Waals surface area contributed by atoms with Gasteiger partial charge < -0.3 is 11.1 Å². The van der Waals surface area contributed by atoms with Crippen LogP contribution >= 0.6 is 0 Å². The van der Waals surface area contributed by atoms with Gasteiger partial charge in [-0.2, -0.15) is 0 Å². The van der Waals surface area contributed by atoms with E-state index in [1.165, 1.54) is 22.9 Å². The molecule has 0 fully saturated rings. The molecule has 0 saturated heterocycles. The molecule has 3 N–H and O–H groups in total. The average Bonchev–Trinajstić information content (AvgIpc) is 2.66. The van der Waals surface area contributed by atoms with Gasteiger partial charge in [0, 0.05) is 35.4 Å². The number of hydrogen-bond acceptors (Lipinski definition) is 3. The van der Waals surface area contributed by atoms with Crippen molar-refractivity contribution in [3.05, 3.63) is 89.2 Å². The van der Waals surface area contributed by atoms with Crippen molar-refractivity contribution in [1.82, 2.24) is 4.98 Å². The fourth-order valence-electron chi connectivity index (χ4n) is 2.90. The van der Waals surface area contributed by atoms with E-state index in [1.807, 2.05) is 24.3 Å². The lowest BCUT2D eigenvalue weighted by atomic mass is 9.94. The predicted octanol–water partition coefficient (Wildman–Crippen LogP) is 4.84. The van der Waals surface area contributed by atoms with Crippen molar-refractivity contribution in [3.8, 4) is 11.1 Å². The van der Waals surface area contributed by atoms with E-state index < -0.39 is 0 Å². The number of pyridine rings is 1. The first-order chi connectivity index (χ1) is 12.1. The van der Waals surface area contributed by atoms with E-state index >= 15 is 0 Å². The minimum Gasteiger partial charge on any atom is -0.398 e. The molecule has 1 aromatic heterocycles. The van der Waals surface area contributed by atoms with Crippen LogP contribution in [0.1, 0.15) is 22.3 Å². The van der Waals surface area contributed by atoms with Crippen LogP contribution < -0.4 is 5.73 Å². The molecule has 0 spiro atoms. The zero-order valence-electron chi connectivity index (χ0n) is 14.5. The number of aryl methyl sites for hydroxylation is 1. The van der Waals surface area contributed by atoms with E-state index in [2.05, 4.69) is 49.2 Å². The smallest absolute Gasteiger partial charge is 0.0483 e. The second-order valence-corrected chi connectivity index (χ2v) is 6.03. The van der Waals surface area contributed by atoms with Crippen LogP contribution in [-0.2, 0) is 0 Å². The first kappa shape index (κ1) is 16.7. The summed E-state index contributed by atoms with van der Waals surface area (Å²) in [5.41, 5.74) is 14.3. The molecule has 3 nitrogen and oxygen atoms in total. The second kappa shape index (κ2) is 7.14. The average molecular weight is 327 g/mol. The van der Waals surface area contributed by atoms with Gasteiger partial charge in [0.15, 0.2) is 0 Å². The summed E-state index contributed by atoms with van der Waals surface area (Å²) in [5, 5.41) is 7.78. The number of nitrogens with one attached hydrogen (secondary N) is 1. The molecule has 0 unspecified atom stereocenters. The van der Waals surface area contributed by atoms with Gasteiger partial charge in [0.2, 0.25) is 0 Å². The van der Waals surface area contributed by atoms with Crippen LogP contribution in [0.3, 0.4) is 0 Å². The summed E-state index contributed by atoms with van der Waals surface area (Å²) in [4.78, 5) is 4.01. The van der Waals surface area contributed by atoms with E-state index in [9.17, 15) is 0 Å². The van der Waals surface area contributed by atoms with Crippen molar-refractivity contribution in [2.75, 3.05) is 0 Å². The van der Waals surface area contributed by atoms with E-state index in [1.54, 1.807) is 12.4 Å². The molecule has 0 radical (unpaired) electrons. The largest absolute Gasteiger partial charge is 0.398 e. The normalized spacial score (nSPS) is 11.8. The molecule has 25 heavy (non-hydrogen) atoms. The minimum atomic E-state index is 0.580. The summed E-state index contributed by atoms with van der Waals surface area (Å²) in [5.74, 6) is 0. The Bertz CT molecular complexity index is 923. The maximum Gasteiger partial charge on any atom is 0.0483 e. The van der Waals surface area contributed by atoms with E-state index in [-0.39, 0.29) is 0 Å². The fraction of sp³-hybridized carbons (Fsp3) is 0.0909. The summed E-state index contributed by atoms with van der Waals surface area (Å²) < 4.78 is 0. The quantitative estimate of drug-likeness (QED) is 0.673. The predicted molar refractivity (Wildman–Crippen MR) is 105 cm³/mol. The third kappa shape index (κ3) is 3.36. The van der Waals surface area contributed by atoms with Gasteiger partial charge >= 0.3 is 0 Å². The Morgan fingerprint density at radius 1 is 0.920 bits per heavy atom. The molecule has 0 saturated carbocycles. The van der Waals surface area contributed by atoms with Crippen molar-refractivity contribution in [2.24, 2.45) is 5.73 Å². The van der Waals surface area contributed by atoms with Crippen LogP contribution in [-0.4, -0.2) is 11.2 Å². The van der Waals surface area contributed by atoms with Crippen molar-refractivity contribution >= 4 is 17.5 Å². The van der Waals surface area contributed by atoms with Crippen molar-refractivity contribution in [1.29, 1.82) is 5.41 Å². The Kier molecular flexibility index (Phi) is 4.75. The summed E-state index contributed by atoms with van der Waals surface area (Å²) in [7, 11) is 0. The molecule has 0 amide bonds. The van der Waals surface area contributed by atoms with E-state index in [0.717, 1.165) is 16.7 Å². The number of hydrogen-bond donors (Lipinski definition) is 2. The van der Waals surface area contributed by atoms with Gasteiger partial charge in [-0.1, -0.05) is 42.5 Å². The topological polar surface area (TPSA) is 62.8 Å². The molecule has 0 atom stereocenters. The fourth-order valence-corrected chi connectivity index (χ4v) is 2.90. The van der Waals surface area contributed by atoms with Crippen LogP contribution in [0.25, 0.3) is 22.4 Å². The number of rotatable bonds is 4. The number of benzene rings is 2. The molecular formula is C22H21N3. The molecule has 3 rings (SSSR count). The number of nitrogens with two attached hydrogens (primary N) is 1. The van der Waals surface area contributed by atoms with Gasteiger partial charge in [0.25, 0.3) is 0 Å². The molecule has 0 aliphatic heterocycles. The van der Waals surface area contributed by atoms with Crippen LogP contribution in [0.5, 0.6) is 0 Å². The molecule has 2 aromatic carbocycles. The molecule has 1 heterocycles. The van der Waals surface area contributed by atoms with Gasteiger partial charge in [-0.05, 0) is 53.8 Å². The highest BCUT2D eigenvalue weighted by molar-refractivity contribution is 6.17. The molecular weight excluding hydrogens is 306 g/mol. The van der Waals surface area contributed by atoms with Gasteiger partial charge in [-0.3, -0.25) is 4.98 Å². The second-order valence-electron chi connectivity index (χ2n) is 6.03. The monoisotopic (exact) mass is 327 g/mol. The molecule has 3 aromatic rings. The Labute approximate surface area is 148 Å². The summed E-state index contributed by atoms with van der Waals surface area (Å²) in [6.45, 7) is 4.27. The zero-order valence-corrected chi connectivity index (χ0v) is 14.5. The Morgan fingerprint density at radius 3 is 2.24 bits per heavy atom. The molecule has 0 aliphatic carbocycles. The number of allylic oxidation sites excluding steroid dienone is 1. The van der Waals surface area contributed by atoms with Crippen LogP contribution in [0.15, 0.2) is 67.0 Å². The Hall–Kier alpha value is -3.20. The highest BCUT2D eigenvalue weighted by Gasteiger charge is 2.08. The third-order valence-electron chi connectivity index (χ3n) is 4.54. The Morgan fingerprint density at radius 2 is 1.60 bits per heavy atom. The van der Waals surface area contributed by atoms with Gasteiger partial charge in [-0.15, -0.1) is 0 Å². The number of aromatic nitrogens is 1. The minimum absolute atomic E-state index is 0.580. The highest BCUT2D eigenvalue weighted by Crippen LogP contribution is 2.28. The molecule has 0 bridgehead atoms. The van der Waals surface area contributed by atoms with Gasteiger partial charge in [0.05, 0.1) is 0 Å². The first-order valence-electron chi connectivity index (χ1n) is 8.19.